The van der Waals surface area contributed by atoms with Crippen LogP contribution in [0.4, 0.5) is 0 Å². The SMILES string of the molecule is CCCOc1nc(C)cc(C)c1S(=O)(=O)c1ccccc1C. The molecule has 0 atom stereocenters. The van der Waals surface area contributed by atoms with Gasteiger partial charge in [0.2, 0.25) is 15.7 Å². The quantitative estimate of drug-likeness (QED) is 0.844. The number of ether oxygens (including phenoxy) is 1. The van der Waals surface area contributed by atoms with Crippen LogP contribution >= 0.6 is 0 Å². The largest absolute Gasteiger partial charge is 0.477 e. The van der Waals surface area contributed by atoms with Crippen molar-refractivity contribution in [3.63, 3.8) is 0 Å². The summed E-state index contributed by atoms with van der Waals surface area (Å²) < 4.78 is 31.7. The number of benzene rings is 1. The lowest BCUT2D eigenvalue weighted by Gasteiger charge is -2.15. The van der Waals surface area contributed by atoms with Crippen molar-refractivity contribution in [1.29, 1.82) is 0 Å². The van der Waals surface area contributed by atoms with Crippen molar-refractivity contribution in [3.8, 4) is 5.88 Å². The molecule has 0 N–H and O–H groups in total. The minimum atomic E-state index is -3.67. The zero-order valence-corrected chi connectivity index (χ0v) is 14.2. The van der Waals surface area contributed by atoms with E-state index in [9.17, 15) is 8.42 Å². The topological polar surface area (TPSA) is 56.3 Å². The number of nitrogens with zero attached hydrogens (tertiary/aromatic N) is 1. The van der Waals surface area contributed by atoms with Gasteiger partial charge in [0.15, 0.2) is 0 Å². The smallest absolute Gasteiger partial charge is 0.233 e. The highest BCUT2D eigenvalue weighted by Crippen LogP contribution is 2.32. The molecule has 0 amide bonds. The summed E-state index contributed by atoms with van der Waals surface area (Å²) >= 11 is 0. The van der Waals surface area contributed by atoms with Crippen LogP contribution in [0.25, 0.3) is 0 Å². The molecule has 0 saturated heterocycles. The molecule has 0 aliphatic rings. The summed E-state index contributed by atoms with van der Waals surface area (Å²) in [5.74, 6) is 0.197. The first-order chi connectivity index (χ1) is 10.4. The van der Waals surface area contributed by atoms with E-state index in [1.54, 1.807) is 38.1 Å². The molecule has 1 heterocycles. The number of aryl methyl sites for hydroxylation is 3. The third-order valence-corrected chi connectivity index (χ3v) is 5.42. The number of sulfone groups is 1. The molecular formula is C17H21NO3S. The van der Waals surface area contributed by atoms with Crippen molar-refractivity contribution in [1.82, 2.24) is 4.98 Å². The Hall–Kier alpha value is -1.88. The third kappa shape index (κ3) is 3.14. The fourth-order valence-corrected chi connectivity index (χ4v) is 4.17. The minimum Gasteiger partial charge on any atom is -0.477 e. The van der Waals surface area contributed by atoms with Crippen LogP contribution in [-0.4, -0.2) is 20.0 Å². The molecular weight excluding hydrogens is 298 g/mol. The third-order valence-electron chi connectivity index (χ3n) is 3.35. The number of hydrogen-bond acceptors (Lipinski definition) is 4. The minimum absolute atomic E-state index is 0.167. The fourth-order valence-electron chi connectivity index (χ4n) is 2.38. The van der Waals surface area contributed by atoms with Gasteiger partial charge in [0.25, 0.3) is 0 Å². The van der Waals surface area contributed by atoms with Crippen LogP contribution in [0.1, 0.15) is 30.2 Å². The number of rotatable bonds is 5. The zero-order chi connectivity index (χ0) is 16.3. The van der Waals surface area contributed by atoms with Crippen LogP contribution in [0, 0.1) is 20.8 Å². The maximum atomic E-state index is 13.1. The molecule has 0 aliphatic carbocycles. The van der Waals surface area contributed by atoms with Crippen molar-refractivity contribution in [2.75, 3.05) is 6.61 Å². The van der Waals surface area contributed by atoms with E-state index in [-0.39, 0.29) is 10.8 Å². The lowest BCUT2D eigenvalue weighted by Crippen LogP contribution is -2.11. The Morgan fingerprint density at radius 3 is 2.41 bits per heavy atom. The van der Waals surface area contributed by atoms with Crippen molar-refractivity contribution in [2.45, 2.75) is 43.9 Å². The van der Waals surface area contributed by atoms with Gasteiger partial charge in [-0.25, -0.2) is 13.4 Å². The Bertz CT molecular complexity index is 782. The Labute approximate surface area is 132 Å². The van der Waals surface area contributed by atoms with E-state index in [4.69, 9.17) is 4.74 Å². The van der Waals surface area contributed by atoms with E-state index in [0.29, 0.717) is 22.6 Å². The van der Waals surface area contributed by atoms with Gasteiger partial charge in [0.1, 0.15) is 4.90 Å². The lowest BCUT2D eigenvalue weighted by molar-refractivity contribution is 0.295. The average Bonchev–Trinajstić information content (AvgIpc) is 2.44. The van der Waals surface area contributed by atoms with Gasteiger partial charge < -0.3 is 4.74 Å². The standard InChI is InChI=1S/C17H21NO3S/c1-5-10-21-17-16(13(3)11-14(4)18-17)22(19,20)15-9-7-6-8-12(15)2/h6-9,11H,5,10H2,1-4H3. The molecule has 0 spiro atoms. The summed E-state index contributed by atoms with van der Waals surface area (Å²) in [7, 11) is -3.67. The molecule has 1 aromatic carbocycles. The van der Waals surface area contributed by atoms with Gasteiger partial charge >= 0.3 is 0 Å². The molecule has 118 valence electrons. The Balaban J connectivity index is 2.67. The number of hydrogen-bond donors (Lipinski definition) is 0. The molecule has 2 rings (SSSR count). The van der Waals surface area contributed by atoms with Crippen molar-refractivity contribution >= 4 is 9.84 Å². The normalized spacial score (nSPS) is 11.5. The van der Waals surface area contributed by atoms with Gasteiger partial charge in [-0.05, 0) is 50.5 Å². The molecule has 0 radical (unpaired) electrons. The van der Waals surface area contributed by atoms with Gasteiger partial charge in [-0.15, -0.1) is 0 Å². The summed E-state index contributed by atoms with van der Waals surface area (Å²) in [4.78, 5) is 4.76. The zero-order valence-electron chi connectivity index (χ0n) is 13.4. The molecule has 0 saturated carbocycles. The first-order valence-corrected chi connectivity index (χ1v) is 8.78. The van der Waals surface area contributed by atoms with Gasteiger partial charge in [0, 0.05) is 5.69 Å². The molecule has 22 heavy (non-hydrogen) atoms. The summed E-state index contributed by atoms with van der Waals surface area (Å²) in [6.45, 7) is 7.80. The molecule has 1 aromatic heterocycles. The summed E-state index contributed by atoms with van der Waals surface area (Å²) in [5.41, 5.74) is 2.11. The average molecular weight is 319 g/mol. The van der Waals surface area contributed by atoms with Crippen LogP contribution in [0.5, 0.6) is 5.88 Å². The van der Waals surface area contributed by atoms with E-state index in [1.807, 2.05) is 19.9 Å². The Morgan fingerprint density at radius 1 is 1.09 bits per heavy atom. The Morgan fingerprint density at radius 2 is 1.77 bits per heavy atom. The van der Waals surface area contributed by atoms with E-state index in [0.717, 1.165) is 12.1 Å². The molecule has 0 bridgehead atoms. The highest BCUT2D eigenvalue weighted by molar-refractivity contribution is 7.91. The van der Waals surface area contributed by atoms with E-state index < -0.39 is 9.84 Å². The molecule has 4 nitrogen and oxygen atoms in total. The van der Waals surface area contributed by atoms with Crippen LogP contribution < -0.4 is 4.74 Å². The summed E-state index contributed by atoms with van der Waals surface area (Å²) in [6.07, 6.45) is 0.790. The maximum absolute atomic E-state index is 13.1. The summed E-state index contributed by atoms with van der Waals surface area (Å²) in [5, 5.41) is 0. The highest BCUT2D eigenvalue weighted by Gasteiger charge is 2.27. The maximum Gasteiger partial charge on any atom is 0.233 e. The first-order valence-electron chi connectivity index (χ1n) is 7.29. The molecule has 5 heteroatoms. The lowest BCUT2D eigenvalue weighted by atomic mass is 10.2. The van der Waals surface area contributed by atoms with E-state index >= 15 is 0 Å². The number of pyridine rings is 1. The second-order valence-electron chi connectivity index (χ2n) is 5.33. The predicted octanol–water partition coefficient (Wildman–Crippen LogP) is 3.63. The van der Waals surface area contributed by atoms with Gasteiger partial charge in [-0.3, -0.25) is 0 Å². The van der Waals surface area contributed by atoms with Crippen LogP contribution in [-0.2, 0) is 9.84 Å². The molecule has 0 fully saturated rings. The van der Waals surface area contributed by atoms with Gasteiger partial charge in [-0.2, -0.15) is 0 Å². The van der Waals surface area contributed by atoms with Gasteiger partial charge in [-0.1, -0.05) is 25.1 Å². The monoisotopic (exact) mass is 319 g/mol. The highest BCUT2D eigenvalue weighted by atomic mass is 32.2. The molecule has 2 aromatic rings. The van der Waals surface area contributed by atoms with Crippen molar-refractivity contribution < 1.29 is 13.2 Å². The number of aromatic nitrogens is 1. The van der Waals surface area contributed by atoms with Crippen LogP contribution in [0.3, 0.4) is 0 Å². The van der Waals surface area contributed by atoms with Crippen molar-refractivity contribution in [3.05, 3.63) is 47.2 Å². The van der Waals surface area contributed by atoms with Crippen LogP contribution in [0.15, 0.2) is 40.1 Å². The first kappa shape index (κ1) is 16.5. The Kier molecular flexibility index (Phi) is 4.86. The fraction of sp³-hybridized carbons (Fsp3) is 0.353. The van der Waals surface area contributed by atoms with E-state index in [1.165, 1.54) is 0 Å². The molecule has 0 aliphatic heterocycles. The van der Waals surface area contributed by atoms with Crippen molar-refractivity contribution in [2.24, 2.45) is 0 Å². The molecule has 0 unspecified atom stereocenters. The second-order valence-corrected chi connectivity index (χ2v) is 7.19. The van der Waals surface area contributed by atoms with Gasteiger partial charge in [0.05, 0.1) is 11.5 Å². The van der Waals surface area contributed by atoms with Crippen LogP contribution in [0.2, 0.25) is 0 Å². The van der Waals surface area contributed by atoms with E-state index in [2.05, 4.69) is 4.98 Å². The second kappa shape index (κ2) is 6.48. The predicted molar refractivity (Wildman–Crippen MR) is 86.1 cm³/mol. The summed E-state index contributed by atoms with van der Waals surface area (Å²) in [6, 6.07) is 8.72.